The van der Waals surface area contributed by atoms with E-state index in [0.717, 1.165) is 76.9 Å². The van der Waals surface area contributed by atoms with Crippen molar-refractivity contribution in [3.63, 3.8) is 0 Å². The number of carbonyl (C=O) groups is 3. The number of aliphatic carboxylic acids is 1. The molecule has 0 aromatic carbocycles. The fourth-order valence-electron chi connectivity index (χ4n) is 7.61. The zero-order chi connectivity index (χ0) is 26.9. The summed E-state index contributed by atoms with van der Waals surface area (Å²) in [6.45, 7) is 4.54. The first-order chi connectivity index (χ1) is 17.8. The van der Waals surface area contributed by atoms with Crippen LogP contribution in [0.3, 0.4) is 0 Å². The van der Waals surface area contributed by atoms with Gasteiger partial charge < -0.3 is 19.7 Å². The zero-order valence-electron chi connectivity index (χ0n) is 23.0. The Bertz CT molecular complexity index is 843. The van der Waals surface area contributed by atoms with E-state index < -0.39 is 17.5 Å². The minimum absolute atomic E-state index is 0.112. The third kappa shape index (κ3) is 6.74. The summed E-state index contributed by atoms with van der Waals surface area (Å²) in [6.07, 6.45) is 20.9. The number of allylic oxidation sites excluding steroid dienone is 2. The van der Waals surface area contributed by atoms with Gasteiger partial charge in [-0.3, -0.25) is 4.79 Å². The summed E-state index contributed by atoms with van der Waals surface area (Å²) in [6, 6.07) is 0. The second-order valence-corrected chi connectivity index (χ2v) is 12.1. The molecule has 0 aliphatic heterocycles. The predicted octanol–water partition coefficient (Wildman–Crippen LogP) is 6.41. The molecular formula is C31H48O6. The highest BCUT2D eigenvalue weighted by molar-refractivity contribution is 5.88. The molecule has 0 radical (unpaired) electrons. The lowest BCUT2D eigenvalue weighted by molar-refractivity contribution is -0.158. The minimum Gasteiger partial charge on any atom is -0.478 e. The largest absolute Gasteiger partial charge is 0.478 e. The monoisotopic (exact) mass is 516 g/mol. The minimum atomic E-state index is -0.940. The van der Waals surface area contributed by atoms with Gasteiger partial charge in [-0.05, 0) is 81.1 Å². The maximum Gasteiger partial charge on any atom is 0.331 e. The molecule has 0 heterocycles. The number of carboxylic acid groups (broad SMARTS) is 1. The van der Waals surface area contributed by atoms with Crippen LogP contribution in [0.5, 0.6) is 0 Å². The predicted molar refractivity (Wildman–Crippen MR) is 144 cm³/mol. The Morgan fingerprint density at radius 2 is 1.59 bits per heavy atom. The van der Waals surface area contributed by atoms with Crippen LogP contribution >= 0.6 is 0 Å². The molecule has 5 atom stereocenters. The molecule has 3 rings (SSSR count). The second kappa shape index (κ2) is 13.7. The molecule has 3 aliphatic rings. The molecular weight excluding hydrogens is 468 g/mol. The average Bonchev–Trinajstić information content (AvgIpc) is 3.32. The van der Waals surface area contributed by atoms with Gasteiger partial charge in [0.25, 0.3) is 0 Å². The van der Waals surface area contributed by atoms with E-state index in [1.807, 2.05) is 0 Å². The standard InChI is InChI=1S/C31H48O6/c1-30(2)25-21-31(23(22-33)17-18-26(30)31)27(20-24(25)29(35)36)37-28(34)16-14-12-10-8-6-4-3-5-7-9-11-13-15-19-32/h3,5,20,22-23,25-27,32H,4,6-19,21H2,1-2H3,(H,35,36)/b5-3-/t23-,25-,26-,27-,31-/m0/s1. The van der Waals surface area contributed by atoms with E-state index in [9.17, 15) is 19.5 Å². The highest BCUT2D eigenvalue weighted by Crippen LogP contribution is 2.71. The third-order valence-corrected chi connectivity index (χ3v) is 9.56. The number of esters is 1. The highest BCUT2D eigenvalue weighted by atomic mass is 16.5. The van der Waals surface area contributed by atoms with Crippen LogP contribution in [-0.2, 0) is 19.1 Å². The number of aliphatic hydroxyl groups is 1. The molecule has 37 heavy (non-hydrogen) atoms. The van der Waals surface area contributed by atoms with Gasteiger partial charge in [0.2, 0.25) is 0 Å². The molecule has 2 N–H and O–H groups in total. The van der Waals surface area contributed by atoms with Crippen LogP contribution in [0.15, 0.2) is 23.8 Å². The van der Waals surface area contributed by atoms with Crippen LogP contribution in [-0.4, -0.2) is 41.1 Å². The van der Waals surface area contributed by atoms with Gasteiger partial charge in [0, 0.05) is 29.9 Å². The summed E-state index contributed by atoms with van der Waals surface area (Å²) >= 11 is 0. The normalized spacial score (nSPS) is 29.8. The summed E-state index contributed by atoms with van der Waals surface area (Å²) in [4.78, 5) is 36.9. The van der Waals surface area contributed by atoms with Gasteiger partial charge in [0.15, 0.2) is 0 Å². The Morgan fingerprint density at radius 1 is 0.973 bits per heavy atom. The van der Waals surface area contributed by atoms with Gasteiger partial charge in [-0.1, -0.05) is 58.1 Å². The van der Waals surface area contributed by atoms with Crippen LogP contribution in [0.1, 0.15) is 110 Å². The number of aliphatic hydroxyl groups excluding tert-OH is 1. The fraction of sp³-hybridized carbons (Fsp3) is 0.774. The van der Waals surface area contributed by atoms with Crippen molar-refractivity contribution < 1.29 is 29.3 Å². The molecule has 208 valence electrons. The molecule has 6 nitrogen and oxygen atoms in total. The lowest BCUT2D eigenvalue weighted by atomic mass is 9.66. The first-order valence-electron chi connectivity index (χ1n) is 14.6. The lowest BCUT2D eigenvalue weighted by Crippen LogP contribution is -2.45. The number of aldehydes is 1. The Kier molecular flexibility index (Phi) is 11.0. The van der Waals surface area contributed by atoms with Crippen LogP contribution in [0, 0.1) is 28.6 Å². The number of hydrogen-bond acceptors (Lipinski definition) is 5. The molecule has 0 aromatic heterocycles. The molecule has 6 heteroatoms. The molecule has 2 saturated carbocycles. The number of ether oxygens (including phenoxy) is 1. The number of fused-ring (bicyclic) bond motifs is 1. The molecule has 1 spiro atoms. The van der Waals surface area contributed by atoms with Crippen LogP contribution in [0.4, 0.5) is 0 Å². The Balaban J connectivity index is 1.40. The van der Waals surface area contributed by atoms with Crippen LogP contribution in [0.25, 0.3) is 0 Å². The van der Waals surface area contributed by atoms with Crippen molar-refractivity contribution >= 4 is 18.2 Å². The fourth-order valence-corrected chi connectivity index (χ4v) is 7.61. The smallest absolute Gasteiger partial charge is 0.331 e. The van der Waals surface area contributed by atoms with E-state index in [4.69, 9.17) is 9.84 Å². The topological polar surface area (TPSA) is 101 Å². The zero-order valence-corrected chi connectivity index (χ0v) is 23.0. The average molecular weight is 517 g/mol. The Labute approximate surface area is 222 Å². The van der Waals surface area contributed by atoms with Crippen molar-refractivity contribution in [2.45, 2.75) is 116 Å². The summed E-state index contributed by atoms with van der Waals surface area (Å²) in [7, 11) is 0. The second-order valence-electron chi connectivity index (χ2n) is 12.1. The van der Waals surface area contributed by atoms with Crippen molar-refractivity contribution in [3.05, 3.63) is 23.8 Å². The van der Waals surface area contributed by atoms with Gasteiger partial charge in [-0.2, -0.15) is 0 Å². The lowest BCUT2D eigenvalue weighted by Gasteiger charge is -2.41. The Morgan fingerprint density at radius 3 is 2.22 bits per heavy atom. The molecule has 0 amide bonds. The van der Waals surface area contributed by atoms with Crippen molar-refractivity contribution in [2.24, 2.45) is 28.6 Å². The van der Waals surface area contributed by atoms with Crippen LogP contribution in [0.2, 0.25) is 0 Å². The Hall–Kier alpha value is -1.95. The molecule has 3 aliphatic carbocycles. The summed E-state index contributed by atoms with van der Waals surface area (Å²) in [5, 5.41) is 18.7. The van der Waals surface area contributed by atoms with Crippen LogP contribution < -0.4 is 0 Å². The number of rotatable bonds is 17. The van der Waals surface area contributed by atoms with Gasteiger partial charge in [-0.15, -0.1) is 0 Å². The van der Waals surface area contributed by atoms with E-state index in [0.29, 0.717) is 25.0 Å². The number of carboxylic acids is 1. The molecule has 2 bridgehead atoms. The van der Waals surface area contributed by atoms with Crippen molar-refractivity contribution in [2.75, 3.05) is 6.61 Å². The summed E-state index contributed by atoms with van der Waals surface area (Å²) < 4.78 is 5.99. The first-order valence-corrected chi connectivity index (χ1v) is 14.6. The number of carbonyl (C=O) groups excluding carboxylic acids is 2. The van der Waals surface area contributed by atoms with Gasteiger partial charge in [0.1, 0.15) is 12.4 Å². The van der Waals surface area contributed by atoms with E-state index in [1.54, 1.807) is 6.08 Å². The van der Waals surface area contributed by atoms with E-state index in [2.05, 4.69) is 26.0 Å². The van der Waals surface area contributed by atoms with Gasteiger partial charge >= 0.3 is 11.9 Å². The highest BCUT2D eigenvalue weighted by Gasteiger charge is 2.69. The summed E-state index contributed by atoms with van der Waals surface area (Å²) in [5.41, 5.74) is -0.348. The molecule has 0 saturated heterocycles. The van der Waals surface area contributed by atoms with Gasteiger partial charge in [0.05, 0.1) is 0 Å². The van der Waals surface area contributed by atoms with Crippen molar-refractivity contribution in [3.8, 4) is 0 Å². The van der Waals surface area contributed by atoms with E-state index in [-0.39, 0.29) is 29.1 Å². The molecule has 0 unspecified atom stereocenters. The molecule has 0 aromatic rings. The number of unbranched alkanes of at least 4 members (excludes halogenated alkanes) is 9. The number of hydrogen-bond donors (Lipinski definition) is 2. The van der Waals surface area contributed by atoms with Gasteiger partial charge in [-0.25, -0.2) is 4.79 Å². The van der Waals surface area contributed by atoms with E-state index >= 15 is 0 Å². The van der Waals surface area contributed by atoms with E-state index in [1.165, 1.54) is 12.8 Å². The quantitative estimate of drug-likeness (QED) is 0.100. The van der Waals surface area contributed by atoms with Crippen molar-refractivity contribution in [1.29, 1.82) is 0 Å². The molecule has 2 fully saturated rings. The first kappa shape index (κ1) is 29.6. The summed E-state index contributed by atoms with van der Waals surface area (Å²) in [5.74, 6) is -1.34. The maximum atomic E-state index is 12.8. The third-order valence-electron chi connectivity index (χ3n) is 9.56. The SMILES string of the molecule is CC1(C)[C@H]2C[C@@]3([C@H](C=O)CC[C@@H]13)[C@@H](OC(=O)CCCCCCC/C=C\CCCCCCO)C=C2C(=O)O. The maximum absolute atomic E-state index is 12.8. The van der Waals surface area contributed by atoms with Crippen molar-refractivity contribution in [1.82, 2.24) is 0 Å².